The molecule has 3 heterocycles. The van der Waals surface area contributed by atoms with Crippen molar-refractivity contribution in [1.29, 1.82) is 0 Å². The second-order valence-corrected chi connectivity index (χ2v) is 7.63. The highest BCUT2D eigenvalue weighted by molar-refractivity contribution is 5.91. The molecule has 5 rings (SSSR count). The second-order valence-electron chi connectivity index (χ2n) is 7.63. The number of fused-ring (bicyclic) bond motifs is 1. The number of rotatable bonds is 3. The molecule has 138 valence electrons. The smallest absolute Gasteiger partial charge is 0.162 e. The summed E-state index contributed by atoms with van der Waals surface area (Å²) in [5.74, 6) is 2.58. The van der Waals surface area contributed by atoms with Gasteiger partial charge in [0.1, 0.15) is 5.82 Å². The molecule has 2 fully saturated rings. The molecule has 2 aliphatic heterocycles. The van der Waals surface area contributed by atoms with E-state index in [0.29, 0.717) is 12.0 Å². The highest BCUT2D eigenvalue weighted by Crippen LogP contribution is 2.33. The fraction of sp³-hybridized carbons (Fsp3) is 0.391. The summed E-state index contributed by atoms with van der Waals surface area (Å²) in [6.45, 7) is 3.03. The highest BCUT2D eigenvalue weighted by Gasteiger charge is 2.30. The van der Waals surface area contributed by atoms with E-state index in [9.17, 15) is 0 Å². The summed E-state index contributed by atoms with van der Waals surface area (Å²) in [5, 5.41) is 1.15. The first-order valence-corrected chi connectivity index (χ1v) is 10.1. The van der Waals surface area contributed by atoms with Crippen LogP contribution in [0.5, 0.6) is 0 Å². The first-order valence-electron chi connectivity index (χ1n) is 10.1. The maximum atomic E-state index is 5.94. The van der Waals surface area contributed by atoms with Crippen LogP contribution in [0.15, 0.2) is 54.6 Å². The van der Waals surface area contributed by atoms with E-state index < -0.39 is 0 Å². The molecule has 4 nitrogen and oxygen atoms in total. The Hall–Kier alpha value is -2.46. The zero-order valence-electron chi connectivity index (χ0n) is 15.6. The second kappa shape index (κ2) is 7.28. The normalized spacial score (nSPS) is 21.0. The summed E-state index contributed by atoms with van der Waals surface area (Å²) in [6.07, 6.45) is 5.31. The largest absolute Gasteiger partial charge is 0.378 e. The number of hydrogen-bond donors (Lipinski definition) is 0. The summed E-state index contributed by atoms with van der Waals surface area (Å²) >= 11 is 0. The Morgan fingerprint density at radius 2 is 1.63 bits per heavy atom. The molecule has 2 aromatic carbocycles. The van der Waals surface area contributed by atoms with Crippen LogP contribution in [0.1, 0.15) is 25.7 Å². The van der Waals surface area contributed by atoms with Gasteiger partial charge in [0.05, 0.1) is 11.6 Å². The van der Waals surface area contributed by atoms with E-state index >= 15 is 0 Å². The number of piperidine rings is 1. The zero-order chi connectivity index (χ0) is 18.1. The van der Waals surface area contributed by atoms with Crippen molar-refractivity contribution in [2.75, 3.05) is 24.6 Å². The lowest BCUT2D eigenvalue weighted by atomic mass is 9.90. The number of aromatic nitrogens is 2. The number of para-hydroxylation sites is 1. The summed E-state index contributed by atoms with van der Waals surface area (Å²) in [4.78, 5) is 12.3. The van der Waals surface area contributed by atoms with Crippen molar-refractivity contribution in [3.8, 4) is 11.4 Å². The van der Waals surface area contributed by atoms with Crippen LogP contribution in [-0.2, 0) is 4.74 Å². The minimum atomic E-state index is 0.481. The third kappa shape index (κ3) is 3.30. The number of benzene rings is 2. The van der Waals surface area contributed by atoms with Gasteiger partial charge < -0.3 is 9.64 Å². The van der Waals surface area contributed by atoms with E-state index in [0.717, 1.165) is 47.8 Å². The van der Waals surface area contributed by atoms with Gasteiger partial charge in [-0.05, 0) is 43.7 Å². The average Bonchev–Trinajstić information content (AvgIpc) is 3.29. The van der Waals surface area contributed by atoms with Gasteiger partial charge in [-0.25, -0.2) is 9.97 Å². The van der Waals surface area contributed by atoms with Crippen molar-refractivity contribution < 1.29 is 4.74 Å². The van der Waals surface area contributed by atoms with Crippen molar-refractivity contribution in [3.05, 3.63) is 54.6 Å². The number of anilines is 1. The Morgan fingerprint density at radius 1 is 0.852 bits per heavy atom. The fourth-order valence-electron chi connectivity index (χ4n) is 4.47. The van der Waals surface area contributed by atoms with Crippen molar-refractivity contribution >= 4 is 16.7 Å². The molecular formula is C23H25N3O. The van der Waals surface area contributed by atoms with Crippen molar-refractivity contribution in [2.24, 2.45) is 5.92 Å². The maximum absolute atomic E-state index is 5.94. The summed E-state index contributed by atoms with van der Waals surface area (Å²) in [6, 6.07) is 18.6. The highest BCUT2D eigenvalue weighted by atomic mass is 16.5. The topological polar surface area (TPSA) is 38.2 Å². The number of nitrogens with zero attached hydrogens (tertiary/aromatic N) is 3. The molecular weight excluding hydrogens is 334 g/mol. The monoisotopic (exact) mass is 359 g/mol. The quantitative estimate of drug-likeness (QED) is 0.680. The third-order valence-corrected chi connectivity index (χ3v) is 5.94. The van der Waals surface area contributed by atoms with Crippen molar-refractivity contribution in [3.63, 3.8) is 0 Å². The van der Waals surface area contributed by atoms with Gasteiger partial charge in [0, 0.05) is 30.6 Å². The molecule has 2 aliphatic rings. The van der Waals surface area contributed by atoms with Crippen LogP contribution in [0.4, 0.5) is 5.82 Å². The molecule has 0 spiro atoms. The summed E-state index contributed by atoms with van der Waals surface area (Å²) in [5.41, 5.74) is 2.08. The van der Waals surface area contributed by atoms with E-state index in [1.165, 1.54) is 25.7 Å². The van der Waals surface area contributed by atoms with Crippen LogP contribution in [0.3, 0.4) is 0 Å². The predicted octanol–water partition coefficient (Wildman–Crippen LogP) is 4.69. The van der Waals surface area contributed by atoms with Crippen molar-refractivity contribution in [1.82, 2.24) is 9.97 Å². The molecule has 0 aliphatic carbocycles. The lowest BCUT2D eigenvalue weighted by Crippen LogP contribution is -2.38. The van der Waals surface area contributed by atoms with Gasteiger partial charge in [-0.15, -0.1) is 0 Å². The number of ether oxygens (including phenoxy) is 1. The van der Waals surface area contributed by atoms with Gasteiger partial charge in [0.2, 0.25) is 0 Å². The lowest BCUT2D eigenvalue weighted by Gasteiger charge is -2.35. The molecule has 2 saturated heterocycles. The first-order chi connectivity index (χ1) is 13.4. The summed E-state index contributed by atoms with van der Waals surface area (Å²) in [7, 11) is 0. The predicted molar refractivity (Wildman–Crippen MR) is 109 cm³/mol. The van der Waals surface area contributed by atoms with Crippen LogP contribution in [0, 0.1) is 5.92 Å². The molecule has 27 heavy (non-hydrogen) atoms. The Bertz CT molecular complexity index is 913. The molecule has 0 N–H and O–H groups in total. The van der Waals surface area contributed by atoms with Crippen molar-refractivity contribution in [2.45, 2.75) is 31.8 Å². The standard InChI is InChI=1S/C23H25N3O/c1-2-7-18(8-3-1)22-24-20-10-5-4-9-19(20)23(25-22)26-14-12-17(13-15-26)21-11-6-16-27-21/h1-5,7-10,17,21H,6,11-16H2. The average molecular weight is 359 g/mol. The van der Waals surface area contributed by atoms with Gasteiger partial charge in [-0.3, -0.25) is 0 Å². The van der Waals surface area contributed by atoms with E-state index in [-0.39, 0.29) is 0 Å². The molecule has 3 aromatic rings. The third-order valence-electron chi connectivity index (χ3n) is 5.94. The van der Waals surface area contributed by atoms with Gasteiger partial charge in [-0.1, -0.05) is 42.5 Å². The Kier molecular flexibility index (Phi) is 4.50. The molecule has 0 saturated carbocycles. The van der Waals surface area contributed by atoms with Gasteiger partial charge in [0.15, 0.2) is 5.82 Å². The van der Waals surface area contributed by atoms with Crippen LogP contribution in [0.2, 0.25) is 0 Å². The zero-order valence-corrected chi connectivity index (χ0v) is 15.6. The maximum Gasteiger partial charge on any atom is 0.162 e. The fourth-order valence-corrected chi connectivity index (χ4v) is 4.47. The molecule has 1 aromatic heterocycles. The Labute approximate surface area is 160 Å². The van der Waals surface area contributed by atoms with E-state index in [4.69, 9.17) is 14.7 Å². The molecule has 4 heteroatoms. The van der Waals surface area contributed by atoms with E-state index in [1.807, 2.05) is 18.2 Å². The summed E-state index contributed by atoms with van der Waals surface area (Å²) < 4.78 is 5.94. The molecule has 1 unspecified atom stereocenters. The minimum absolute atomic E-state index is 0.481. The van der Waals surface area contributed by atoms with Gasteiger partial charge in [0.25, 0.3) is 0 Å². The van der Waals surface area contributed by atoms with Crippen LogP contribution < -0.4 is 4.90 Å². The van der Waals surface area contributed by atoms with Crippen LogP contribution in [0.25, 0.3) is 22.3 Å². The first kappa shape index (κ1) is 16.7. The van der Waals surface area contributed by atoms with Crippen LogP contribution >= 0.6 is 0 Å². The van der Waals surface area contributed by atoms with Gasteiger partial charge in [-0.2, -0.15) is 0 Å². The molecule has 0 amide bonds. The molecule has 1 atom stereocenters. The molecule has 0 radical (unpaired) electrons. The van der Waals surface area contributed by atoms with Gasteiger partial charge >= 0.3 is 0 Å². The van der Waals surface area contributed by atoms with E-state index in [1.54, 1.807) is 0 Å². The number of hydrogen-bond acceptors (Lipinski definition) is 4. The van der Waals surface area contributed by atoms with E-state index in [2.05, 4.69) is 41.3 Å². The Balaban J connectivity index is 1.47. The lowest BCUT2D eigenvalue weighted by molar-refractivity contribution is 0.0531. The van der Waals surface area contributed by atoms with Crippen LogP contribution in [-0.4, -0.2) is 35.8 Å². The SMILES string of the molecule is c1ccc(-c2nc(N3CCC(C4CCCO4)CC3)c3ccccc3n2)cc1. The Morgan fingerprint density at radius 3 is 2.41 bits per heavy atom. The molecule has 0 bridgehead atoms. The minimum Gasteiger partial charge on any atom is -0.378 e.